The first-order chi connectivity index (χ1) is 11.0. The molecule has 0 atom stereocenters. The Kier molecular flexibility index (Phi) is 4.45. The van der Waals surface area contributed by atoms with Crippen molar-refractivity contribution in [2.75, 3.05) is 49.9 Å². The van der Waals surface area contributed by atoms with Gasteiger partial charge in [0.05, 0.1) is 12.3 Å². The van der Waals surface area contributed by atoms with Crippen molar-refractivity contribution < 1.29 is 18.3 Å². The second-order valence-corrected chi connectivity index (χ2v) is 7.98. The number of hydrogen-bond donors (Lipinski definition) is 1. The number of carbonyl (C=O) groups excluding carboxylic acids is 1. The zero-order chi connectivity index (χ0) is 16.4. The van der Waals surface area contributed by atoms with E-state index in [0.29, 0.717) is 39.1 Å². The molecule has 1 amide bonds. The highest BCUT2D eigenvalue weighted by Gasteiger charge is 2.32. The highest BCUT2D eigenvalue weighted by atomic mass is 32.2. The lowest BCUT2D eigenvalue weighted by Crippen LogP contribution is -2.51. The number of sulfonamides is 1. The van der Waals surface area contributed by atoms with Crippen LogP contribution in [0.4, 0.5) is 5.69 Å². The van der Waals surface area contributed by atoms with Gasteiger partial charge in [-0.15, -0.1) is 0 Å². The number of carbonyl (C=O) groups is 1. The van der Waals surface area contributed by atoms with Gasteiger partial charge in [0.1, 0.15) is 5.75 Å². The fourth-order valence-electron chi connectivity index (χ4n) is 3.00. The summed E-state index contributed by atoms with van der Waals surface area (Å²) >= 11 is 0. The van der Waals surface area contributed by atoms with E-state index in [0.717, 1.165) is 5.69 Å². The van der Waals surface area contributed by atoms with E-state index in [1.807, 2.05) is 12.1 Å². The third-order valence-corrected chi connectivity index (χ3v) is 6.27. The van der Waals surface area contributed by atoms with Crippen LogP contribution in [0.2, 0.25) is 0 Å². The van der Waals surface area contributed by atoms with Gasteiger partial charge < -0.3 is 14.9 Å². The zero-order valence-corrected chi connectivity index (χ0v) is 13.7. The van der Waals surface area contributed by atoms with Crippen molar-refractivity contribution in [1.82, 2.24) is 9.21 Å². The summed E-state index contributed by atoms with van der Waals surface area (Å²) in [5.74, 6) is 0.254. The molecular weight excluding hydrogens is 318 g/mol. The molecule has 0 saturated carbocycles. The first-order valence-electron chi connectivity index (χ1n) is 7.75. The third-order valence-electron chi connectivity index (χ3n) is 4.36. The van der Waals surface area contributed by atoms with Gasteiger partial charge in [-0.3, -0.25) is 4.79 Å². The van der Waals surface area contributed by atoms with Crippen molar-refractivity contribution in [3.05, 3.63) is 24.3 Å². The minimum Gasteiger partial charge on any atom is -0.508 e. The van der Waals surface area contributed by atoms with E-state index in [4.69, 9.17) is 0 Å². The second-order valence-electron chi connectivity index (χ2n) is 5.89. The third kappa shape index (κ3) is 3.59. The molecule has 0 bridgehead atoms. The van der Waals surface area contributed by atoms with E-state index in [9.17, 15) is 18.3 Å². The Morgan fingerprint density at radius 2 is 1.70 bits per heavy atom. The average molecular weight is 339 g/mol. The van der Waals surface area contributed by atoms with Crippen LogP contribution in [0.15, 0.2) is 24.3 Å². The molecule has 2 heterocycles. The Balaban J connectivity index is 1.54. The largest absolute Gasteiger partial charge is 0.508 e. The topological polar surface area (TPSA) is 81.2 Å². The predicted molar refractivity (Wildman–Crippen MR) is 86.9 cm³/mol. The lowest BCUT2D eigenvalue weighted by molar-refractivity contribution is -0.131. The molecule has 1 aromatic carbocycles. The normalized spacial score (nSPS) is 21.6. The maximum absolute atomic E-state index is 12.3. The fraction of sp³-hybridized carbons (Fsp3) is 0.533. The van der Waals surface area contributed by atoms with Crippen LogP contribution in [-0.4, -0.2) is 73.7 Å². The number of phenolic OH excluding ortho intramolecular Hbond substituents is 1. The van der Waals surface area contributed by atoms with Crippen LogP contribution in [0.25, 0.3) is 0 Å². The lowest BCUT2D eigenvalue weighted by Gasteiger charge is -2.36. The summed E-state index contributed by atoms with van der Waals surface area (Å²) in [4.78, 5) is 16.2. The maximum Gasteiger partial charge on any atom is 0.238 e. The molecule has 2 aliphatic heterocycles. The van der Waals surface area contributed by atoms with Gasteiger partial charge in [-0.05, 0) is 30.7 Å². The molecule has 0 unspecified atom stereocenters. The van der Waals surface area contributed by atoms with Crippen LogP contribution >= 0.6 is 0 Å². The van der Waals surface area contributed by atoms with Gasteiger partial charge in [-0.1, -0.05) is 0 Å². The quantitative estimate of drug-likeness (QED) is 0.843. The summed E-state index contributed by atoms with van der Waals surface area (Å²) in [6.07, 6.45) is 0.601. The molecule has 23 heavy (non-hydrogen) atoms. The van der Waals surface area contributed by atoms with Crippen molar-refractivity contribution >= 4 is 21.6 Å². The van der Waals surface area contributed by atoms with E-state index >= 15 is 0 Å². The molecular formula is C15H21N3O4S. The molecule has 2 aliphatic rings. The van der Waals surface area contributed by atoms with Gasteiger partial charge in [0.2, 0.25) is 15.9 Å². The van der Waals surface area contributed by atoms with Gasteiger partial charge in [-0.25, -0.2) is 8.42 Å². The van der Waals surface area contributed by atoms with E-state index in [1.165, 1.54) is 4.31 Å². The summed E-state index contributed by atoms with van der Waals surface area (Å²) < 4.78 is 24.8. The van der Waals surface area contributed by atoms with Crippen LogP contribution in [0, 0.1) is 0 Å². The fourth-order valence-corrected chi connectivity index (χ4v) is 4.46. The van der Waals surface area contributed by atoms with Crippen molar-refractivity contribution in [2.24, 2.45) is 0 Å². The van der Waals surface area contributed by atoms with Crippen LogP contribution < -0.4 is 4.90 Å². The van der Waals surface area contributed by atoms with Crippen LogP contribution in [-0.2, 0) is 14.8 Å². The Hall–Kier alpha value is -1.80. The Labute approximate surface area is 136 Å². The number of piperazine rings is 1. The average Bonchev–Trinajstić information content (AvgIpc) is 2.87. The Morgan fingerprint density at radius 3 is 2.26 bits per heavy atom. The Morgan fingerprint density at radius 1 is 1.04 bits per heavy atom. The molecule has 8 heteroatoms. The first kappa shape index (κ1) is 16.1. The SMILES string of the molecule is O=C(CN1CCCS1(=O)=O)N1CCN(c2ccc(O)cc2)CC1. The lowest BCUT2D eigenvalue weighted by atomic mass is 10.2. The second kappa shape index (κ2) is 6.37. The standard InChI is InChI=1S/C15H21N3O4S/c19-14-4-2-13(3-5-14)16-7-9-17(10-8-16)15(20)12-18-6-1-11-23(18,21)22/h2-5,19H,1,6-12H2. The monoisotopic (exact) mass is 339 g/mol. The molecule has 0 aliphatic carbocycles. The number of hydrogen-bond acceptors (Lipinski definition) is 5. The maximum atomic E-state index is 12.3. The van der Waals surface area contributed by atoms with Gasteiger partial charge in [0.15, 0.2) is 0 Å². The number of benzene rings is 1. The van der Waals surface area contributed by atoms with Crippen molar-refractivity contribution in [2.45, 2.75) is 6.42 Å². The molecule has 0 aromatic heterocycles. The Bertz CT molecular complexity index is 666. The minimum atomic E-state index is -3.23. The molecule has 3 rings (SSSR count). The van der Waals surface area contributed by atoms with E-state index in [-0.39, 0.29) is 24.0 Å². The molecule has 2 fully saturated rings. The van der Waals surface area contributed by atoms with Gasteiger partial charge >= 0.3 is 0 Å². The molecule has 0 spiro atoms. The van der Waals surface area contributed by atoms with Gasteiger partial charge in [0, 0.05) is 38.4 Å². The van der Waals surface area contributed by atoms with E-state index < -0.39 is 10.0 Å². The number of nitrogens with zero attached hydrogens (tertiary/aromatic N) is 3. The molecule has 1 N–H and O–H groups in total. The van der Waals surface area contributed by atoms with Crippen molar-refractivity contribution in [1.29, 1.82) is 0 Å². The molecule has 7 nitrogen and oxygen atoms in total. The van der Waals surface area contributed by atoms with Gasteiger partial charge in [0.25, 0.3) is 0 Å². The van der Waals surface area contributed by atoms with Crippen LogP contribution in [0.3, 0.4) is 0 Å². The summed E-state index contributed by atoms with van der Waals surface area (Å²) in [5, 5.41) is 9.32. The van der Waals surface area contributed by atoms with Gasteiger partial charge in [-0.2, -0.15) is 4.31 Å². The smallest absolute Gasteiger partial charge is 0.238 e. The number of phenols is 1. The van der Waals surface area contributed by atoms with E-state index in [2.05, 4.69) is 4.90 Å². The minimum absolute atomic E-state index is 0.0401. The zero-order valence-electron chi connectivity index (χ0n) is 12.9. The number of rotatable bonds is 3. The highest BCUT2D eigenvalue weighted by molar-refractivity contribution is 7.89. The number of aromatic hydroxyl groups is 1. The molecule has 2 saturated heterocycles. The number of anilines is 1. The summed E-state index contributed by atoms with van der Waals surface area (Å²) in [6, 6.07) is 6.99. The van der Waals surface area contributed by atoms with Crippen LogP contribution in [0.1, 0.15) is 6.42 Å². The summed E-state index contributed by atoms with van der Waals surface area (Å²) in [6.45, 7) is 2.96. The predicted octanol–water partition coefficient (Wildman–Crippen LogP) is 0.0763. The molecule has 1 aromatic rings. The summed E-state index contributed by atoms with van der Waals surface area (Å²) in [7, 11) is -3.23. The number of amides is 1. The first-order valence-corrected chi connectivity index (χ1v) is 9.36. The van der Waals surface area contributed by atoms with Crippen molar-refractivity contribution in [3.63, 3.8) is 0 Å². The summed E-state index contributed by atoms with van der Waals surface area (Å²) in [5.41, 5.74) is 1.01. The van der Waals surface area contributed by atoms with E-state index in [1.54, 1.807) is 17.0 Å². The van der Waals surface area contributed by atoms with Crippen LogP contribution in [0.5, 0.6) is 5.75 Å². The molecule has 126 valence electrons. The molecule has 0 radical (unpaired) electrons. The van der Waals surface area contributed by atoms with Crippen molar-refractivity contribution in [3.8, 4) is 5.75 Å². The highest BCUT2D eigenvalue weighted by Crippen LogP contribution is 2.20.